The Kier molecular flexibility index (Phi) is 5.15. The minimum absolute atomic E-state index is 0.00993. The van der Waals surface area contributed by atoms with E-state index in [9.17, 15) is 9.90 Å². The Labute approximate surface area is 120 Å². The number of ether oxygens (including phenoxy) is 1. The van der Waals surface area contributed by atoms with Crippen LogP contribution in [0, 0.1) is 11.8 Å². The van der Waals surface area contributed by atoms with Gasteiger partial charge in [0, 0.05) is 6.04 Å². The number of carbonyl (C=O) groups excluding carboxylic acids is 1. The van der Waals surface area contributed by atoms with Gasteiger partial charge in [-0.1, -0.05) is 37.3 Å². The Hall–Kier alpha value is -1.39. The van der Waals surface area contributed by atoms with Gasteiger partial charge < -0.3 is 15.2 Å². The third-order valence-electron chi connectivity index (χ3n) is 3.91. The molecule has 0 saturated carbocycles. The molecule has 2 rings (SSSR count). The number of aliphatic hydroxyl groups is 1. The molecule has 1 heterocycles. The molecular weight excluding hydrogens is 254 g/mol. The van der Waals surface area contributed by atoms with Gasteiger partial charge in [-0.05, 0) is 31.4 Å². The molecule has 0 bridgehead atoms. The van der Waals surface area contributed by atoms with Crippen LogP contribution in [0.2, 0.25) is 0 Å². The van der Waals surface area contributed by atoms with Crippen molar-refractivity contribution in [3.05, 3.63) is 35.9 Å². The van der Waals surface area contributed by atoms with Gasteiger partial charge in [-0.3, -0.25) is 4.79 Å². The zero-order valence-corrected chi connectivity index (χ0v) is 12.1. The monoisotopic (exact) mass is 277 g/mol. The highest BCUT2D eigenvalue weighted by molar-refractivity contribution is 5.72. The van der Waals surface area contributed by atoms with Crippen molar-refractivity contribution >= 4 is 5.97 Å². The number of aliphatic hydroxyl groups excluding tert-OH is 1. The highest BCUT2D eigenvalue weighted by Crippen LogP contribution is 2.21. The van der Waals surface area contributed by atoms with Crippen molar-refractivity contribution in [3.63, 3.8) is 0 Å². The van der Waals surface area contributed by atoms with Crippen LogP contribution in [-0.4, -0.2) is 29.8 Å². The lowest BCUT2D eigenvalue weighted by molar-refractivity contribution is -0.153. The maximum Gasteiger partial charge on any atom is 0.311 e. The van der Waals surface area contributed by atoms with Crippen LogP contribution in [0.5, 0.6) is 0 Å². The first-order valence-corrected chi connectivity index (χ1v) is 7.20. The van der Waals surface area contributed by atoms with Crippen molar-refractivity contribution in [2.24, 2.45) is 11.8 Å². The molecule has 1 aliphatic heterocycles. The van der Waals surface area contributed by atoms with Crippen LogP contribution in [0.3, 0.4) is 0 Å². The van der Waals surface area contributed by atoms with Crippen LogP contribution in [0.15, 0.2) is 30.3 Å². The smallest absolute Gasteiger partial charge is 0.311 e. The molecule has 4 heteroatoms. The highest BCUT2D eigenvalue weighted by Gasteiger charge is 2.34. The summed E-state index contributed by atoms with van der Waals surface area (Å²) in [6.45, 7) is 5.01. The first kappa shape index (κ1) is 15.0. The topological polar surface area (TPSA) is 58.6 Å². The van der Waals surface area contributed by atoms with Crippen LogP contribution in [0.4, 0.5) is 0 Å². The standard InChI is InChI=1S/C16H23NO3/c1-11-8-14(17-9-11)15(18)12(2)16(19)20-10-13-6-4-3-5-7-13/h3-7,11-12,14-15,17-18H,8-10H2,1-2H3. The van der Waals surface area contributed by atoms with Gasteiger partial charge in [0.25, 0.3) is 0 Å². The lowest BCUT2D eigenvalue weighted by Gasteiger charge is -2.23. The van der Waals surface area contributed by atoms with E-state index in [0.29, 0.717) is 5.92 Å². The van der Waals surface area contributed by atoms with E-state index in [0.717, 1.165) is 18.5 Å². The van der Waals surface area contributed by atoms with Crippen molar-refractivity contribution in [1.29, 1.82) is 0 Å². The van der Waals surface area contributed by atoms with E-state index in [1.54, 1.807) is 6.92 Å². The summed E-state index contributed by atoms with van der Waals surface area (Å²) in [4.78, 5) is 12.0. The largest absolute Gasteiger partial charge is 0.461 e. The van der Waals surface area contributed by atoms with E-state index in [1.807, 2.05) is 30.3 Å². The molecular formula is C16H23NO3. The van der Waals surface area contributed by atoms with Crippen molar-refractivity contribution in [1.82, 2.24) is 5.32 Å². The summed E-state index contributed by atoms with van der Waals surface area (Å²) >= 11 is 0. The Morgan fingerprint density at radius 3 is 2.75 bits per heavy atom. The molecule has 4 atom stereocenters. The summed E-state index contributed by atoms with van der Waals surface area (Å²) in [5.74, 6) is -0.314. The van der Waals surface area contributed by atoms with Gasteiger partial charge in [0.2, 0.25) is 0 Å². The summed E-state index contributed by atoms with van der Waals surface area (Å²) < 4.78 is 5.27. The SMILES string of the molecule is CC1CNC(C(O)C(C)C(=O)OCc2ccccc2)C1. The lowest BCUT2D eigenvalue weighted by Crippen LogP contribution is -2.42. The van der Waals surface area contributed by atoms with Gasteiger partial charge in [0.05, 0.1) is 12.0 Å². The Bertz CT molecular complexity index is 435. The van der Waals surface area contributed by atoms with Crippen LogP contribution < -0.4 is 5.32 Å². The summed E-state index contributed by atoms with van der Waals surface area (Å²) in [5, 5.41) is 13.5. The van der Waals surface area contributed by atoms with Gasteiger partial charge >= 0.3 is 5.97 Å². The number of esters is 1. The number of benzene rings is 1. The summed E-state index contributed by atoms with van der Waals surface area (Å²) in [6.07, 6.45) is 0.209. The molecule has 0 aliphatic carbocycles. The molecule has 0 spiro atoms. The van der Waals surface area contributed by atoms with Crippen LogP contribution in [0.25, 0.3) is 0 Å². The summed E-state index contributed by atoms with van der Waals surface area (Å²) in [7, 11) is 0. The van der Waals surface area contributed by atoms with Crippen molar-refractivity contribution in [2.45, 2.75) is 39.0 Å². The van der Waals surface area contributed by atoms with Crippen molar-refractivity contribution < 1.29 is 14.6 Å². The molecule has 2 N–H and O–H groups in total. The molecule has 4 unspecified atom stereocenters. The number of hydrogen-bond donors (Lipinski definition) is 2. The minimum Gasteiger partial charge on any atom is -0.461 e. The molecule has 1 aliphatic rings. The molecule has 1 fully saturated rings. The predicted molar refractivity (Wildman–Crippen MR) is 77.0 cm³/mol. The van der Waals surface area contributed by atoms with E-state index in [-0.39, 0.29) is 18.6 Å². The third kappa shape index (κ3) is 3.81. The van der Waals surface area contributed by atoms with Gasteiger partial charge in [-0.15, -0.1) is 0 Å². The Balaban J connectivity index is 1.82. The van der Waals surface area contributed by atoms with E-state index in [2.05, 4.69) is 12.2 Å². The second-order valence-electron chi connectivity index (χ2n) is 5.73. The number of nitrogens with one attached hydrogen (secondary N) is 1. The molecule has 0 amide bonds. The molecule has 20 heavy (non-hydrogen) atoms. The van der Waals surface area contributed by atoms with Gasteiger partial charge in [-0.2, -0.15) is 0 Å². The van der Waals surface area contributed by atoms with Gasteiger partial charge in [0.15, 0.2) is 0 Å². The molecule has 1 aromatic carbocycles. The molecule has 0 aromatic heterocycles. The van der Waals surface area contributed by atoms with Crippen LogP contribution >= 0.6 is 0 Å². The van der Waals surface area contributed by atoms with E-state index < -0.39 is 12.0 Å². The normalized spacial score (nSPS) is 25.1. The average molecular weight is 277 g/mol. The van der Waals surface area contributed by atoms with Crippen molar-refractivity contribution in [2.75, 3.05) is 6.54 Å². The molecule has 4 nitrogen and oxygen atoms in total. The fraction of sp³-hybridized carbons (Fsp3) is 0.562. The molecule has 0 radical (unpaired) electrons. The fourth-order valence-electron chi connectivity index (χ4n) is 2.56. The van der Waals surface area contributed by atoms with Crippen LogP contribution in [-0.2, 0) is 16.1 Å². The molecule has 1 saturated heterocycles. The van der Waals surface area contributed by atoms with E-state index in [1.165, 1.54) is 0 Å². The minimum atomic E-state index is -0.691. The first-order chi connectivity index (χ1) is 9.58. The number of rotatable bonds is 5. The first-order valence-electron chi connectivity index (χ1n) is 7.20. The summed E-state index contributed by atoms with van der Waals surface area (Å²) in [5.41, 5.74) is 0.954. The van der Waals surface area contributed by atoms with Gasteiger partial charge in [-0.25, -0.2) is 0 Å². The van der Waals surface area contributed by atoms with Crippen LogP contribution in [0.1, 0.15) is 25.8 Å². The second kappa shape index (κ2) is 6.86. The molecule has 110 valence electrons. The Morgan fingerprint density at radius 2 is 2.15 bits per heavy atom. The third-order valence-corrected chi connectivity index (χ3v) is 3.91. The average Bonchev–Trinajstić information content (AvgIpc) is 2.91. The fourth-order valence-corrected chi connectivity index (χ4v) is 2.56. The van der Waals surface area contributed by atoms with Crippen molar-refractivity contribution in [3.8, 4) is 0 Å². The zero-order valence-electron chi connectivity index (χ0n) is 12.1. The Morgan fingerprint density at radius 1 is 1.45 bits per heavy atom. The lowest BCUT2D eigenvalue weighted by atomic mass is 9.95. The maximum atomic E-state index is 12.0. The maximum absolute atomic E-state index is 12.0. The predicted octanol–water partition coefficient (Wildman–Crippen LogP) is 1.72. The van der Waals surface area contributed by atoms with E-state index >= 15 is 0 Å². The quantitative estimate of drug-likeness (QED) is 0.805. The number of hydrogen-bond acceptors (Lipinski definition) is 4. The second-order valence-corrected chi connectivity index (χ2v) is 5.73. The zero-order chi connectivity index (χ0) is 14.5. The molecule has 1 aromatic rings. The number of carbonyl (C=O) groups is 1. The van der Waals surface area contributed by atoms with Gasteiger partial charge in [0.1, 0.15) is 6.61 Å². The summed E-state index contributed by atoms with van der Waals surface area (Å²) in [6, 6.07) is 9.55. The highest BCUT2D eigenvalue weighted by atomic mass is 16.5. The van der Waals surface area contributed by atoms with E-state index in [4.69, 9.17) is 4.74 Å².